The van der Waals surface area contributed by atoms with Crippen LogP contribution in [-0.4, -0.2) is 19.8 Å². The first-order valence-corrected chi connectivity index (χ1v) is 4.42. The van der Waals surface area contributed by atoms with E-state index >= 15 is 0 Å². The Balaban J connectivity index is 2.72. The van der Waals surface area contributed by atoms with Crippen LogP contribution in [0, 0.1) is 10.1 Å². The molecule has 0 aliphatic rings. The summed E-state index contributed by atoms with van der Waals surface area (Å²) in [5.41, 5.74) is 5.94. The Morgan fingerprint density at radius 1 is 1.60 bits per heavy atom. The Morgan fingerprint density at radius 3 is 2.93 bits per heavy atom. The molecule has 0 saturated heterocycles. The third-order valence-corrected chi connectivity index (χ3v) is 2.15. The molecule has 0 spiro atoms. The fraction of sp³-hybridized carbons (Fsp3) is 0. The first-order chi connectivity index (χ1) is 7.09. The summed E-state index contributed by atoms with van der Waals surface area (Å²) in [5, 5.41) is 15.3. The predicted octanol–water partition coefficient (Wildman–Crippen LogP) is 1.04. The molecule has 0 aliphatic heterocycles. The Bertz CT molecular complexity index is 563. The number of hydrogen-bond donors (Lipinski definition) is 1. The molecule has 1 heterocycles. The number of thiocarbonyl (C=S) groups is 1. The van der Waals surface area contributed by atoms with Gasteiger partial charge in [-0.15, -0.1) is 0 Å². The Kier molecular flexibility index (Phi) is 2.09. The molecule has 1 aromatic carbocycles. The molecular weight excluding hydrogens is 216 g/mol. The average Bonchev–Trinajstić information content (AvgIpc) is 2.59. The second kappa shape index (κ2) is 3.28. The highest BCUT2D eigenvalue weighted by atomic mass is 32.1. The number of nitro groups is 1. The lowest BCUT2D eigenvalue weighted by Crippen LogP contribution is -2.20. The molecule has 2 aromatic rings. The van der Waals surface area contributed by atoms with Gasteiger partial charge in [-0.1, -0.05) is 0 Å². The first-order valence-electron chi connectivity index (χ1n) is 4.01. The van der Waals surface area contributed by atoms with Crippen LogP contribution in [0.15, 0.2) is 24.4 Å². The molecule has 6 nitrogen and oxygen atoms in total. The molecule has 15 heavy (non-hydrogen) atoms. The molecule has 0 unspecified atom stereocenters. The monoisotopic (exact) mass is 222 g/mol. The standard InChI is InChI=1S/C8H6N4O2S/c9-8(15)11-7-3-6(12(13)14)2-1-5(7)4-10-11/h1-4H,(H2,9,15). The molecule has 2 N–H and O–H groups in total. The van der Waals surface area contributed by atoms with Crippen molar-refractivity contribution in [2.45, 2.75) is 0 Å². The second-order valence-electron chi connectivity index (χ2n) is 2.89. The van der Waals surface area contributed by atoms with Crippen LogP contribution in [0.1, 0.15) is 0 Å². The van der Waals surface area contributed by atoms with Crippen LogP contribution in [-0.2, 0) is 0 Å². The first kappa shape index (κ1) is 9.53. The molecule has 1 aromatic heterocycles. The van der Waals surface area contributed by atoms with Crippen LogP contribution in [0.3, 0.4) is 0 Å². The highest BCUT2D eigenvalue weighted by Crippen LogP contribution is 2.20. The zero-order valence-corrected chi connectivity index (χ0v) is 8.27. The fourth-order valence-corrected chi connectivity index (χ4v) is 1.44. The van der Waals surface area contributed by atoms with E-state index in [-0.39, 0.29) is 10.8 Å². The van der Waals surface area contributed by atoms with Crippen molar-refractivity contribution in [2.24, 2.45) is 5.73 Å². The number of nitro benzene ring substituents is 1. The van der Waals surface area contributed by atoms with Gasteiger partial charge in [-0.05, 0) is 18.3 Å². The van der Waals surface area contributed by atoms with Gasteiger partial charge in [0, 0.05) is 17.5 Å². The van der Waals surface area contributed by atoms with Crippen molar-refractivity contribution in [3.63, 3.8) is 0 Å². The normalized spacial score (nSPS) is 10.4. The van der Waals surface area contributed by atoms with E-state index in [0.717, 1.165) is 5.39 Å². The summed E-state index contributed by atoms with van der Waals surface area (Å²) in [5.74, 6) is 0. The number of non-ortho nitro benzene ring substituents is 1. The number of hydrogen-bond acceptors (Lipinski definition) is 4. The summed E-state index contributed by atoms with van der Waals surface area (Å²) in [6.45, 7) is 0. The van der Waals surface area contributed by atoms with Gasteiger partial charge < -0.3 is 5.73 Å². The SMILES string of the molecule is NC(=S)n1ncc2ccc([N+](=O)[O-])cc21. The minimum Gasteiger partial charge on any atom is -0.374 e. The van der Waals surface area contributed by atoms with Crippen molar-refractivity contribution in [1.29, 1.82) is 0 Å². The van der Waals surface area contributed by atoms with Crippen LogP contribution in [0.5, 0.6) is 0 Å². The lowest BCUT2D eigenvalue weighted by Gasteiger charge is -1.98. The van der Waals surface area contributed by atoms with Gasteiger partial charge in [-0.2, -0.15) is 5.10 Å². The van der Waals surface area contributed by atoms with E-state index < -0.39 is 4.92 Å². The zero-order chi connectivity index (χ0) is 11.0. The molecule has 76 valence electrons. The van der Waals surface area contributed by atoms with Gasteiger partial charge in [0.25, 0.3) is 5.69 Å². The summed E-state index contributed by atoms with van der Waals surface area (Å²) in [4.78, 5) is 10.1. The van der Waals surface area contributed by atoms with Crippen molar-refractivity contribution in [3.8, 4) is 0 Å². The molecule has 0 saturated carbocycles. The van der Waals surface area contributed by atoms with Crippen LogP contribution in [0.25, 0.3) is 10.9 Å². The molecule has 7 heteroatoms. The summed E-state index contributed by atoms with van der Waals surface area (Å²) in [7, 11) is 0. The van der Waals surface area contributed by atoms with E-state index in [9.17, 15) is 10.1 Å². The summed E-state index contributed by atoms with van der Waals surface area (Å²) in [6.07, 6.45) is 1.55. The van der Waals surface area contributed by atoms with E-state index in [1.54, 1.807) is 12.3 Å². The Morgan fingerprint density at radius 2 is 2.33 bits per heavy atom. The van der Waals surface area contributed by atoms with Crippen molar-refractivity contribution in [2.75, 3.05) is 0 Å². The van der Waals surface area contributed by atoms with E-state index in [0.29, 0.717) is 5.52 Å². The largest absolute Gasteiger partial charge is 0.374 e. The molecule has 0 amide bonds. The Labute approximate surface area is 89.4 Å². The van der Waals surface area contributed by atoms with Gasteiger partial charge in [0.05, 0.1) is 16.6 Å². The summed E-state index contributed by atoms with van der Waals surface area (Å²) in [6, 6.07) is 4.41. The molecule has 0 radical (unpaired) electrons. The number of nitrogens with zero attached hydrogens (tertiary/aromatic N) is 3. The lowest BCUT2D eigenvalue weighted by atomic mass is 10.2. The smallest absolute Gasteiger partial charge is 0.271 e. The molecular formula is C8H6N4O2S. The van der Waals surface area contributed by atoms with Gasteiger partial charge in [0.2, 0.25) is 0 Å². The van der Waals surface area contributed by atoms with Gasteiger partial charge in [0.1, 0.15) is 0 Å². The highest BCUT2D eigenvalue weighted by Gasteiger charge is 2.10. The van der Waals surface area contributed by atoms with Crippen LogP contribution < -0.4 is 5.73 Å². The van der Waals surface area contributed by atoms with Gasteiger partial charge in [-0.3, -0.25) is 10.1 Å². The number of nitrogens with two attached hydrogens (primary N) is 1. The van der Waals surface area contributed by atoms with Crippen molar-refractivity contribution in [1.82, 2.24) is 9.78 Å². The maximum absolute atomic E-state index is 10.6. The topological polar surface area (TPSA) is 87.0 Å². The molecule has 0 atom stereocenters. The minimum atomic E-state index is -0.476. The van der Waals surface area contributed by atoms with Crippen molar-refractivity contribution in [3.05, 3.63) is 34.5 Å². The van der Waals surface area contributed by atoms with E-state index in [1.807, 2.05) is 0 Å². The van der Waals surface area contributed by atoms with Gasteiger partial charge >= 0.3 is 0 Å². The number of benzene rings is 1. The predicted molar refractivity (Wildman–Crippen MR) is 58.6 cm³/mol. The van der Waals surface area contributed by atoms with Gasteiger partial charge in [0.15, 0.2) is 5.11 Å². The van der Waals surface area contributed by atoms with Crippen LogP contribution >= 0.6 is 12.2 Å². The highest BCUT2D eigenvalue weighted by molar-refractivity contribution is 7.80. The summed E-state index contributed by atoms with van der Waals surface area (Å²) < 4.78 is 1.29. The van der Waals surface area contributed by atoms with E-state index in [4.69, 9.17) is 18.0 Å². The maximum atomic E-state index is 10.6. The number of fused-ring (bicyclic) bond motifs is 1. The van der Waals surface area contributed by atoms with E-state index in [1.165, 1.54) is 16.8 Å². The number of aromatic nitrogens is 2. The van der Waals surface area contributed by atoms with E-state index in [2.05, 4.69) is 5.10 Å². The van der Waals surface area contributed by atoms with Gasteiger partial charge in [-0.25, -0.2) is 4.68 Å². The zero-order valence-electron chi connectivity index (χ0n) is 7.45. The summed E-state index contributed by atoms with van der Waals surface area (Å²) >= 11 is 4.76. The third-order valence-electron chi connectivity index (χ3n) is 1.97. The average molecular weight is 222 g/mol. The maximum Gasteiger partial charge on any atom is 0.271 e. The van der Waals surface area contributed by atoms with Crippen molar-refractivity contribution >= 4 is 33.9 Å². The molecule has 0 aliphatic carbocycles. The molecule has 2 rings (SSSR count). The van der Waals surface area contributed by atoms with Crippen molar-refractivity contribution < 1.29 is 4.92 Å². The fourth-order valence-electron chi connectivity index (χ4n) is 1.30. The third kappa shape index (κ3) is 1.52. The second-order valence-corrected chi connectivity index (χ2v) is 3.31. The quantitative estimate of drug-likeness (QED) is 0.442. The van der Waals surface area contributed by atoms with Crippen LogP contribution in [0.4, 0.5) is 5.69 Å². The Hall–Kier alpha value is -2.02. The lowest BCUT2D eigenvalue weighted by molar-refractivity contribution is -0.384. The minimum absolute atomic E-state index is 0.0134. The molecule has 0 bridgehead atoms. The molecule has 0 fully saturated rings. The van der Waals surface area contributed by atoms with Crippen LogP contribution in [0.2, 0.25) is 0 Å². The number of rotatable bonds is 1.